The van der Waals surface area contributed by atoms with Gasteiger partial charge in [-0.3, -0.25) is 70.0 Å². The minimum absolute atomic E-state index is 0.0235. The Bertz CT molecular complexity index is 3480. The number of nitrogens with zero attached hydrogens (tertiary/aromatic N) is 8. The minimum Gasteiger partial charge on any atom is -0.459 e. The number of hydrogen-bond donors (Lipinski definition) is 5. The van der Waals surface area contributed by atoms with E-state index in [2.05, 4.69) is 15.6 Å². The smallest absolute Gasteiger partial charge is 0.414 e. The van der Waals surface area contributed by atoms with Crippen molar-refractivity contribution in [3.05, 3.63) is 170 Å². The third-order valence-corrected chi connectivity index (χ3v) is 16.8. The van der Waals surface area contributed by atoms with Crippen LogP contribution in [-0.4, -0.2) is 149 Å². The molecule has 0 spiro atoms. The molecule has 470 valence electrons. The number of alkyl carbamates (subject to hydrolysis) is 1. The molecule has 4 heterocycles. The van der Waals surface area contributed by atoms with Crippen molar-refractivity contribution in [2.75, 3.05) is 26.2 Å². The number of thioether (sulfide) groups is 1. The van der Waals surface area contributed by atoms with Crippen molar-refractivity contribution in [1.82, 2.24) is 25.3 Å². The van der Waals surface area contributed by atoms with E-state index in [0.29, 0.717) is 27.2 Å². The van der Waals surface area contributed by atoms with Crippen LogP contribution in [0.3, 0.4) is 0 Å². The number of benzene rings is 4. The van der Waals surface area contributed by atoms with Gasteiger partial charge in [0, 0.05) is 96.8 Å². The number of aliphatic hydroxyl groups is 1. The molecule has 0 bridgehead atoms. The zero-order valence-corrected chi connectivity index (χ0v) is 48.4. The van der Waals surface area contributed by atoms with E-state index in [9.17, 15) is 79.1 Å². The summed E-state index contributed by atoms with van der Waals surface area (Å²) in [5.41, 5.74) is 10.7. The summed E-state index contributed by atoms with van der Waals surface area (Å²) < 4.78 is 21.9. The Hall–Kier alpha value is -10.2. The topological polar surface area (TPSA) is 447 Å². The first-order valence-corrected chi connectivity index (χ1v) is 28.5. The standard InChI is InChI=1S/C56H60N12O20S/c1-31-45-44(32(2)69)49(71)64(45)46(50(72)85-27-33-4-12-38(13-5-33)65(77)78)47(31)89-42-24-43(63(26-42)55(76)88-30-36-10-18-41(19-11-36)68(83)84)48(70)62-23-20-37(25-62)60-51(73)56(58,52(74)86-28-34-6-14-39(15-7-34)66(79)80)21-3-22-59-53(57)61-54(75)87-29-35-8-16-40(17-9-35)67(81)82/h4-19,31-32,37,42-45,69H,3,20-30,58H2,1-2H3,(H,60,73)(H3,57,59,61,75)/t31-,32-,37+,42+,43+,44-,45+,56+/m1/s1. The molecule has 33 heteroatoms. The number of guanidine groups is 1. The quantitative estimate of drug-likeness (QED) is 0.00758. The minimum atomic E-state index is -2.43. The average Bonchev–Trinajstić information content (AvgIpc) is 1.57. The monoisotopic (exact) mass is 1250 g/mol. The molecule has 7 N–H and O–H groups in total. The number of non-ortho nitro benzene ring substituents is 4. The van der Waals surface area contributed by atoms with Gasteiger partial charge in [-0.15, -0.1) is 11.8 Å². The van der Waals surface area contributed by atoms with Gasteiger partial charge in [0.15, 0.2) is 11.5 Å². The average molecular weight is 1250 g/mol. The van der Waals surface area contributed by atoms with Crippen LogP contribution in [0.5, 0.6) is 0 Å². The number of carbonyl (C=O) groups excluding carboxylic acids is 7. The number of likely N-dealkylation sites (tertiary alicyclic amines) is 2. The number of nitro groups is 4. The van der Waals surface area contributed by atoms with Crippen LogP contribution in [0.2, 0.25) is 0 Å². The fraction of sp³-hybridized carbons (Fsp3) is 0.393. The normalized spacial score (nSPS) is 20.5. The first kappa shape index (κ1) is 64.8. The van der Waals surface area contributed by atoms with Crippen molar-refractivity contribution in [1.29, 1.82) is 0 Å². The Morgan fingerprint density at radius 3 is 1.72 bits per heavy atom. The molecule has 3 fully saturated rings. The number of fused-ring (bicyclic) bond motifs is 1. The van der Waals surface area contributed by atoms with E-state index in [1.807, 2.05) is 0 Å². The lowest BCUT2D eigenvalue weighted by Crippen LogP contribution is -2.63. The van der Waals surface area contributed by atoms with Crippen LogP contribution in [0, 0.1) is 52.3 Å². The number of β-lactam (4-membered cyclic amide) rings is 1. The summed E-state index contributed by atoms with van der Waals surface area (Å²) >= 11 is 1.13. The van der Waals surface area contributed by atoms with Crippen LogP contribution in [0.4, 0.5) is 32.3 Å². The molecule has 0 radical (unpaired) electrons. The Morgan fingerprint density at radius 2 is 1.22 bits per heavy atom. The van der Waals surface area contributed by atoms with Crippen LogP contribution < -0.4 is 22.1 Å². The highest BCUT2D eigenvalue weighted by Crippen LogP contribution is 2.53. The Kier molecular flexibility index (Phi) is 20.5. The van der Waals surface area contributed by atoms with Crippen molar-refractivity contribution in [3.63, 3.8) is 0 Å². The SMILES string of the molecule is C[C@@H](O)[C@H]1C(=O)N2C(C(=O)OCc3ccc([N+](=O)[O-])cc3)=C(S[C@H]3C[C@@H](C(=O)N4CC[C@H](NC(=O)[C@@](N)(CCCN=C(N)NC(=O)OCc5ccc([N+](=O)[O-])cc5)C(=O)OCc5ccc([N+](=O)[O-])cc5)C4)N(C(=O)OCc4ccc([N+](=O)[O-])cc4)C3)[C@H](C)[C@@H]12. The molecule has 4 aromatic carbocycles. The lowest BCUT2D eigenvalue weighted by molar-refractivity contribution is -0.385. The largest absolute Gasteiger partial charge is 0.459 e. The summed E-state index contributed by atoms with van der Waals surface area (Å²) in [6.45, 7) is 1.32. The highest BCUT2D eigenvalue weighted by Gasteiger charge is 2.61. The molecule has 5 amide bonds. The van der Waals surface area contributed by atoms with Gasteiger partial charge in [-0.1, -0.05) is 6.92 Å². The molecule has 0 aromatic heterocycles. The molecule has 32 nitrogen and oxygen atoms in total. The molecule has 8 rings (SSSR count). The van der Waals surface area contributed by atoms with Gasteiger partial charge in [0.2, 0.25) is 11.8 Å². The number of aliphatic imine (C=N–C) groups is 1. The summed E-state index contributed by atoms with van der Waals surface area (Å²) in [6, 6.07) is 18.1. The zero-order valence-electron chi connectivity index (χ0n) is 47.6. The van der Waals surface area contributed by atoms with E-state index in [-0.39, 0.29) is 93.7 Å². The van der Waals surface area contributed by atoms with Crippen LogP contribution in [0.1, 0.15) is 61.8 Å². The van der Waals surface area contributed by atoms with Crippen LogP contribution >= 0.6 is 11.8 Å². The number of rotatable bonds is 24. The fourth-order valence-electron chi connectivity index (χ4n) is 10.5. The van der Waals surface area contributed by atoms with Crippen LogP contribution in [-0.2, 0) is 69.3 Å². The van der Waals surface area contributed by atoms with Gasteiger partial charge in [0.25, 0.3) is 28.7 Å². The predicted molar refractivity (Wildman–Crippen MR) is 310 cm³/mol. The van der Waals surface area contributed by atoms with Gasteiger partial charge in [-0.2, -0.15) is 0 Å². The second-order valence-corrected chi connectivity index (χ2v) is 22.6. The molecule has 0 unspecified atom stereocenters. The molecular weight excluding hydrogens is 1190 g/mol. The van der Waals surface area contributed by atoms with Gasteiger partial charge in [0.05, 0.1) is 37.8 Å². The summed E-state index contributed by atoms with van der Waals surface area (Å²) in [5, 5.41) is 59.7. The number of aliphatic hydroxyl groups excluding tert-OH is 1. The second kappa shape index (κ2) is 28.1. The number of nitrogens with two attached hydrogens (primary N) is 2. The number of hydrogen-bond acceptors (Lipinski definition) is 23. The first-order chi connectivity index (χ1) is 42.3. The molecule has 8 atom stereocenters. The summed E-state index contributed by atoms with van der Waals surface area (Å²) in [5.74, 6) is -6.09. The third-order valence-electron chi connectivity index (χ3n) is 15.3. The Balaban J connectivity index is 0.966. The molecule has 4 aromatic rings. The summed E-state index contributed by atoms with van der Waals surface area (Å²) in [4.78, 5) is 148. The first-order valence-electron chi connectivity index (χ1n) is 27.6. The van der Waals surface area contributed by atoms with Crippen molar-refractivity contribution in [3.8, 4) is 0 Å². The molecule has 3 saturated heterocycles. The van der Waals surface area contributed by atoms with Gasteiger partial charge in [0.1, 0.15) is 38.2 Å². The van der Waals surface area contributed by atoms with E-state index >= 15 is 0 Å². The highest BCUT2D eigenvalue weighted by atomic mass is 32.2. The molecule has 0 aliphatic carbocycles. The maximum atomic E-state index is 14.8. The van der Waals surface area contributed by atoms with E-state index in [1.165, 1.54) is 119 Å². The molecule has 4 aliphatic heterocycles. The lowest BCUT2D eigenvalue weighted by Gasteiger charge is -2.46. The van der Waals surface area contributed by atoms with Crippen molar-refractivity contribution >= 4 is 82.3 Å². The molecular formula is C56H60N12O20S. The van der Waals surface area contributed by atoms with Crippen molar-refractivity contribution in [2.24, 2.45) is 28.3 Å². The number of nitrogens with one attached hydrogen (secondary N) is 2. The van der Waals surface area contributed by atoms with Gasteiger partial charge >= 0.3 is 24.1 Å². The van der Waals surface area contributed by atoms with E-state index in [1.54, 1.807) is 6.92 Å². The second-order valence-electron chi connectivity index (χ2n) is 21.3. The maximum Gasteiger partial charge on any atom is 0.414 e. The fourth-order valence-corrected chi connectivity index (χ4v) is 12.1. The van der Waals surface area contributed by atoms with Crippen LogP contribution in [0.25, 0.3) is 0 Å². The van der Waals surface area contributed by atoms with E-state index < -0.39 is 127 Å². The van der Waals surface area contributed by atoms with Crippen molar-refractivity contribution in [2.45, 2.75) is 101 Å². The van der Waals surface area contributed by atoms with Crippen molar-refractivity contribution < 1.29 is 77.3 Å². The maximum absolute atomic E-state index is 14.8. The molecule has 0 saturated carbocycles. The zero-order chi connectivity index (χ0) is 64.4. The molecule has 4 aliphatic rings. The summed E-state index contributed by atoms with van der Waals surface area (Å²) in [7, 11) is 0. The van der Waals surface area contributed by atoms with E-state index in [4.69, 9.17) is 30.4 Å². The Labute approximate surface area is 509 Å². The highest BCUT2D eigenvalue weighted by molar-refractivity contribution is 8.03. The summed E-state index contributed by atoms with van der Waals surface area (Å²) in [6.07, 6.45) is -3.51. The predicted octanol–water partition coefficient (Wildman–Crippen LogP) is 4.12. The van der Waals surface area contributed by atoms with E-state index in [0.717, 1.165) is 11.8 Å². The number of esters is 2. The number of nitro benzene ring substituents is 4. The van der Waals surface area contributed by atoms with Gasteiger partial charge in [-0.25, -0.2) is 19.2 Å². The third kappa shape index (κ3) is 15.3. The van der Waals surface area contributed by atoms with Gasteiger partial charge < -0.3 is 50.6 Å². The molecule has 89 heavy (non-hydrogen) atoms. The van der Waals surface area contributed by atoms with Gasteiger partial charge in [-0.05, 0) is 103 Å². The number of carbonyl (C=O) groups is 7. The lowest BCUT2D eigenvalue weighted by atomic mass is 9.79. The number of ether oxygens (including phenoxy) is 4. The number of amides is 5. The Morgan fingerprint density at radius 1 is 0.742 bits per heavy atom. The van der Waals surface area contributed by atoms with Crippen LogP contribution in [0.15, 0.2) is 113 Å².